The van der Waals surface area contributed by atoms with E-state index in [-0.39, 0.29) is 17.3 Å². The molecule has 1 saturated carbocycles. The number of fused-ring (bicyclic) bond motifs is 1. The fraction of sp³-hybridized carbons (Fsp3) is 0.409. The van der Waals surface area contributed by atoms with Crippen LogP contribution in [0, 0.1) is 0 Å². The highest BCUT2D eigenvalue weighted by atomic mass is 16.4. The Morgan fingerprint density at radius 1 is 1.12 bits per heavy atom. The maximum absolute atomic E-state index is 12.8. The Bertz CT molecular complexity index is 1220. The lowest BCUT2D eigenvalue weighted by molar-refractivity contribution is -0.138. The molecular formula is C22H25N7O3. The van der Waals surface area contributed by atoms with Crippen LogP contribution in [0.25, 0.3) is 11.0 Å². The topological polar surface area (TPSA) is 139 Å². The second-order valence-corrected chi connectivity index (χ2v) is 8.40. The SMILES string of the molecule is Nc1cc2cnc(Nc3ccc(N4CCCC4C(=O)O)cn3)nc2n(C2CCCC2)c1=O. The summed E-state index contributed by atoms with van der Waals surface area (Å²) in [5, 5.41) is 13.2. The van der Waals surface area contributed by atoms with E-state index in [1.165, 1.54) is 0 Å². The number of nitrogen functional groups attached to an aromatic ring is 1. The van der Waals surface area contributed by atoms with Crippen LogP contribution in [0.15, 0.2) is 35.4 Å². The number of nitrogens with zero attached hydrogens (tertiary/aromatic N) is 5. The Morgan fingerprint density at radius 2 is 1.94 bits per heavy atom. The molecule has 1 atom stereocenters. The maximum Gasteiger partial charge on any atom is 0.326 e. The molecule has 0 radical (unpaired) electrons. The average molecular weight is 435 g/mol. The highest BCUT2D eigenvalue weighted by molar-refractivity contribution is 5.80. The van der Waals surface area contributed by atoms with E-state index in [4.69, 9.17) is 5.73 Å². The molecule has 1 unspecified atom stereocenters. The van der Waals surface area contributed by atoms with Gasteiger partial charge in [0.2, 0.25) is 5.95 Å². The molecule has 3 aromatic heterocycles. The summed E-state index contributed by atoms with van der Waals surface area (Å²) in [6, 6.07) is 4.81. The number of hydrogen-bond donors (Lipinski definition) is 3. The zero-order valence-electron chi connectivity index (χ0n) is 17.6. The van der Waals surface area contributed by atoms with Crippen LogP contribution < -0.4 is 21.5 Å². The zero-order chi connectivity index (χ0) is 22.2. The van der Waals surface area contributed by atoms with Gasteiger partial charge in [0.05, 0.1) is 17.6 Å². The molecule has 10 nitrogen and oxygen atoms in total. The molecule has 4 N–H and O–H groups in total. The molecule has 4 heterocycles. The van der Waals surface area contributed by atoms with E-state index < -0.39 is 12.0 Å². The molecule has 3 aromatic rings. The van der Waals surface area contributed by atoms with Gasteiger partial charge in [-0.1, -0.05) is 12.8 Å². The smallest absolute Gasteiger partial charge is 0.326 e. The van der Waals surface area contributed by atoms with E-state index in [1.54, 1.807) is 29.1 Å². The number of hydrogen-bond acceptors (Lipinski definition) is 8. The molecular weight excluding hydrogens is 410 g/mol. The van der Waals surface area contributed by atoms with Crippen LogP contribution in [0.5, 0.6) is 0 Å². The summed E-state index contributed by atoms with van der Waals surface area (Å²) < 4.78 is 1.71. The monoisotopic (exact) mass is 435 g/mol. The summed E-state index contributed by atoms with van der Waals surface area (Å²) in [5.74, 6) is 0.0471. The third kappa shape index (κ3) is 3.61. The highest BCUT2D eigenvalue weighted by Crippen LogP contribution is 2.31. The molecule has 5 rings (SSSR count). The number of aliphatic carboxylic acids is 1. The molecule has 0 spiro atoms. The number of rotatable bonds is 5. The van der Waals surface area contributed by atoms with Crippen molar-refractivity contribution in [3.8, 4) is 0 Å². The predicted octanol–water partition coefficient (Wildman–Crippen LogP) is 2.68. The van der Waals surface area contributed by atoms with Gasteiger partial charge in [-0.15, -0.1) is 0 Å². The van der Waals surface area contributed by atoms with Crippen molar-refractivity contribution < 1.29 is 9.90 Å². The van der Waals surface area contributed by atoms with Crippen LogP contribution >= 0.6 is 0 Å². The number of nitrogens with two attached hydrogens (primary N) is 1. The lowest BCUT2D eigenvalue weighted by atomic mass is 10.2. The quantitative estimate of drug-likeness (QED) is 0.552. The van der Waals surface area contributed by atoms with Gasteiger partial charge in [-0.05, 0) is 43.9 Å². The van der Waals surface area contributed by atoms with Gasteiger partial charge >= 0.3 is 5.97 Å². The fourth-order valence-corrected chi connectivity index (χ4v) is 4.78. The first kappa shape index (κ1) is 20.2. The standard InChI is InChI=1S/C22H25N7O3/c23-16-10-13-11-25-22(27-19(13)29(20(16)30)14-4-1-2-5-14)26-18-8-7-15(12-24-18)28-9-3-6-17(28)21(31)32/h7-8,10-12,14,17H,1-6,9,23H2,(H,31,32)(H,24,25,26,27). The number of anilines is 4. The van der Waals surface area contributed by atoms with Crippen molar-refractivity contribution in [3.63, 3.8) is 0 Å². The van der Waals surface area contributed by atoms with Crippen molar-refractivity contribution in [2.75, 3.05) is 22.5 Å². The lowest BCUT2D eigenvalue weighted by Gasteiger charge is -2.23. The van der Waals surface area contributed by atoms with E-state index in [1.807, 2.05) is 11.0 Å². The summed E-state index contributed by atoms with van der Waals surface area (Å²) in [5.41, 5.74) is 7.27. The number of nitrogens with one attached hydrogen (secondary N) is 1. The summed E-state index contributed by atoms with van der Waals surface area (Å²) in [6.07, 6.45) is 8.81. The minimum Gasteiger partial charge on any atom is -0.480 e. The van der Waals surface area contributed by atoms with Crippen molar-refractivity contribution in [2.24, 2.45) is 0 Å². The number of pyridine rings is 2. The predicted molar refractivity (Wildman–Crippen MR) is 121 cm³/mol. The summed E-state index contributed by atoms with van der Waals surface area (Å²) in [7, 11) is 0. The lowest BCUT2D eigenvalue weighted by Crippen LogP contribution is -2.35. The zero-order valence-corrected chi connectivity index (χ0v) is 17.6. The molecule has 1 aliphatic heterocycles. The Kier molecular flexibility index (Phi) is 5.12. The molecule has 0 amide bonds. The van der Waals surface area contributed by atoms with Crippen LogP contribution in [0.4, 0.5) is 23.1 Å². The third-order valence-corrected chi connectivity index (χ3v) is 6.35. The van der Waals surface area contributed by atoms with E-state index in [2.05, 4.69) is 20.3 Å². The van der Waals surface area contributed by atoms with Gasteiger partial charge in [0.25, 0.3) is 5.56 Å². The molecule has 2 aliphatic rings. The van der Waals surface area contributed by atoms with Crippen LogP contribution in [0.3, 0.4) is 0 Å². The normalized spacial score (nSPS) is 19.0. The molecule has 0 aromatic carbocycles. The van der Waals surface area contributed by atoms with Crippen molar-refractivity contribution in [3.05, 3.63) is 40.9 Å². The first-order chi connectivity index (χ1) is 15.5. The Hall–Kier alpha value is -3.69. The largest absolute Gasteiger partial charge is 0.480 e. The van der Waals surface area contributed by atoms with Crippen LogP contribution in [-0.4, -0.2) is 43.2 Å². The Labute approximate surface area is 184 Å². The first-order valence-corrected chi connectivity index (χ1v) is 10.9. The van der Waals surface area contributed by atoms with E-state index in [0.717, 1.165) is 43.2 Å². The summed E-state index contributed by atoms with van der Waals surface area (Å²) in [6.45, 7) is 0.695. The van der Waals surface area contributed by atoms with Gasteiger partial charge in [0, 0.05) is 24.2 Å². The summed E-state index contributed by atoms with van der Waals surface area (Å²) in [4.78, 5) is 39.5. The van der Waals surface area contributed by atoms with Crippen LogP contribution in [-0.2, 0) is 4.79 Å². The molecule has 1 aliphatic carbocycles. The number of aromatic nitrogens is 4. The molecule has 166 valence electrons. The van der Waals surface area contributed by atoms with Crippen molar-refractivity contribution in [2.45, 2.75) is 50.6 Å². The van der Waals surface area contributed by atoms with Gasteiger partial charge in [0.15, 0.2) is 0 Å². The van der Waals surface area contributed by atoms with E-state index in [9.17, 15) is 14.7 Å². The van der Waals surface area contributed by atoms with E-state index >= 15 is 0 Å². The van der Waals surface area contributed by atoms with Gasteiger partial charge < -0.3 is 21.1 Å². The van der Waals surface area contributed by atoms with Gasteiger partial charge in [-0.3, -0.25) is 9.36 Å². The Balaban J connectivity index is 1.43. The third-order valence-electron chi connectivity index (χ3n) is 6.35. The minimum atomic E-state index is -0.816. The van der Waals surface area contributed by atoms with Gasteiger partial charge in [-0.25, -0.2) is 14.8 Å². The van der Waals surface area contributed by atoms with Crippen molar-refractivity contribution in [1.82, 2.24) is 19.5 Å². The maximum atomic E-state index is 12.8. The second kappa shape index (κ2) is 8.10. The Morgan fingerprint density at radius 3 is 2.66 bits per heavy atom. The fourth-order valence-electron chi connectivity index (χ4n) is 4.78. The van der Waals surface area contributed by atoms with Gasteiger partial charge in [-0.2, -0.15) is 4.98 Å². The molecule has 2 fully saturated rings. The average Bonchev–Trinajstić information content (AvgIpc) is 3.48. The number of carbonyl (C=O) groups is 1. The second-order valence-electron chi connectivity index (χ2n) is 8.40. The van der Waals surface area contributed by atoms with Crippen LogP contribution in [0.1, 0.15) is 44.6 Å². The van der Waals surface area contributed by atoms with Crippen LogP contribution in [0.2, 0.25) is 0 Å². The molecule has 0 bridgehead atoms. The van der Waals surface area contributed by atoms with E-state index in [0.29, 0.717) is 30.4 Å². The molecule has 10 heteroatoms. The van der Waals surface area contributed by atoms with Gasteiger partial charge in [0.1, 0.15) is 17.5 Å². The summed E-state index contributed by atoms with van der Waals surface area (Å²) >= 11 is 0. The first-order valence-electron chi connectivity index (χ1n) is 10.9. The molecule has 1 saturated heterocycles. The van der Waals surface area contributed by atoms with Crippen molar-refractivity contribution in [1.29, 1.82) is 0 Å². The van der Waals surface area contributed by atoms with Crippen molar-refractivity contribution >= 4 is 40.1 Å². The highest BCUT2D eigenvalue weighted by Gasteiger charge is 2.30. The number of carboxylic acid groups (broad SMARTS) is 1. The number of carboxylic acids is 1. The minimum absolute atomic E-state index is 0.0938. The molecule has 32 heavy (non-hydrogen) atoms.